The summed E-state index contributed by atoms with van der Waals surface area (Å²) in [5.74, 6) is -0.299. The highest BCUT2D eigenvalue weighted by Crippen LogP contribution is 2.29. The summed E-state index contributed by atoms with van der Waals surface area (Å²) < 4.78 is 13.6. The average molecular weight is 305 g/mol. The van der Waals surface area contributed by atoms with Crippen LogP contribution in [0.3, 0.4) is 0 Å². The van der Waals surface area contributed by atoms with Crippen LogP contribution in [-0.4, -0.2) is 4.98 Å². The standard InChI is InChI=1S/C15H10ClFN2S/c16-11-5-3-4-10(8-11)14-9-20-15(19-14)18-13-7-2-1-6-12(13)17/h1-9H,(H,18,19). The van der Waals surface area contributed by atoms with Gasteiger partial charge in [-0.2, -0.15) is 0 Å². The number of rotatable bonds is 3. The largest absolute Gasteiger partial charge is 0.329 e. The molecule has 3 rings (SSSR count). The van der Waals surface area contributed by atoms with Crippen molar-refractivity contribution in [3.8, 4) is 11.3 Å². The van der Waals surface area contributed by atoms with Crippen molar-refractivity contribution in [2.24, 2.45) is 0 Å². The summed E-state index contributed by atoms with van der Waals surface area (Å²) in [5, 5.41) is 6.20. The maximum Gasteiger partial charge on any atom is 0.187 e. The zero-order valence-electron chi connectivity index (χ0n) is 10.3. The zero-order chi connectivity index (χ0) is 13.9. The molecule has 0 atom stereocenters. The van der Waals surface area contributed by atoms with Gasteiger partial charge in [0.05, 0.1) is 11.4 Å². The fraction of sp³-hybridized carbons (Fsp3) is 0. The summed E-state index contributed by atoms with van der Waals surface area (Å²) in [6.45, 7) is 0. The van der Waals surface area contributed by atoms with Gasteiger partial charge in [0.15, 0.2) is 5.13 Å². The highest BCUT2D eigenvalue weighted by atomic mass is 35.5. The molecule has 0 aliphatic rings. The first-order valence-electron chi connectivity index (χ1n) is 5.95. The molecule has 5 heteroatoms. The van der Waals surface area contributed by atoms with E-state index in [0.29, 0.717) is 15.8 Å². The lowest BCUT2D eigenvalue weighted by atomic mass is 10.2. The molecule has 0 aliphatic heterocycles. The van der Waals surface area contributed by atoms with E-state index >= 15 is 0 Å². The molecule has 100 valence electrons. The van der Waals surface area contributed by atoms with Crippen molar-refractivity contribution in [2.75, 3.05) is 5.32 Å². The number of nitrogens with zero attached hydrogens (tertiary/aromatic N) is 1. The van der Waals surface area contributed by atoms with E-state index in [4.69, 9.17) is 11.6 Å². The van der Waals surface area contributed by atoms with Crippen LogP contribution in [0.25, 0.3) is 11.3 Å². The number of hydrogen-bond donors (Lipinski definition) is 1. The molecular weight excluding hydrogens is 295 g/mol. The van der Waals surface area contributed by atoms with Gasteiger partial charge in [0.25, 0.3) is 0 Å². The van der Waals surface area contributed by atoms with E-state index in [-0.39, 0.29) is 5.82 Å². The average Bonchev–Trinajstić information content (AvgIpc) is 2.90. The van der Waals surface area contributed by atoms with E-state index in [1.807, 2.05) is 29.6 Å². The Kier molecular flexibility index (Phi) is 3.67. The molecule has 0 radical (unpaired) electrons. The molecule has 0 saturated heterocycles. The minimum atomic E-state index is -0.299. The first-order valence-corrected chi connectivity index (χ1v) is 7.21. The lowest BCUT2D eigenvalue weighted by Gasteiger charge is -2.03. The molecule has 2 nitrogen and oxygen atoms in total. The van der Waals surface area contributed by atoms with Crippen LogP contribution >= 0.6 is 22.9 Å². The smallest absolute Gasteiger partial charge is 0.187 e. The Morgan fingerprint density at radius 3 is 2.75 bits per heavy atom. The lowest BCUT2D eigenvalue weighted by molar-refractivity contribution is 0.632. The number of hydrogen-bond acceptors (Lipinski definition) is 3. The van der Waals surface area contributed by atoms with Gasteiger partial charge in [-0.3, -0.25) is 0 Å². The summed E-state index contributed by atoms with van der Waals surface area (Å²) in [5.41, 5.74) is 2.17. The van der Waals surface area contributed by atoms with Gasteiger partial charge in [-0.05, 0) is 24.3 Å². The number of nitrogens with one attached hydrogen (secondary N) is 1. The molecule has 0 amide bonds. The maximum atomic E-state index is 13.6. The Hall–Kier alpha value is -1.91. The minimum absolute atomic E-state index is 0.299. The Balaban J connectivity index is 1.86. The number of anilines is 2. The van der Waals surface area contributed by atoms with E-state index in [0.717, 1.165) is 11.3 Å². The second-order valence-electron chi connectivity index (χ2n) is 4.15. The van der Waals surface area contributed by atoms with E-state index in [1.165, 1.54) is 17.4 Å². The molecule has 0 aliphatic carbocycles. The Morgan fingerprint density at radius 1 is 1.10 bits per heavy atom. The predicted octanol–water partition coefficient (Wildman–Crippen LogP) is 5.35. The topological polar surface area (TPSA) is 24.9 Å². The molecule has 3 aromatic rings. The molecule has 0 fully saturated rings. The molecule has 1 N–H and O–H groups in total. The van der Waals surface area contributed by atoms with E-state index in [1.54, 1.807) is 18.2 Å². The first-order chi connectivity index (χ1) is 9.72. The minimum Gasteiger partial charge on any atom is -0.329 e. The number of aromatic nitrogens is 1. The number of benzene rings is 2. The summed E-state index contributed by atoms with van der Waals surface area (Å²) in [6, 6.07) is 14.0. The first kappa shape index (κ1) is 13.1. The van der Waals surface area contributed by atoms with Crippen molar-refractivity contribution >= 4 is 33.8 Å². The van der Waals surface area contributed by atoms with Crippen LogP contribution in [0, 0.1) is 5.82 Å². The SMILES string of the molecule is Fc1ccccc1Nc1nc(-c2cccc(Cl)c2)cs1. The van der Waals surface area contributed by atoms with Crippen LogP contribution in [0.2, 0.25) is 5.02 Å². The van der Waals surface area contributed by atoms with Gasteiger partial charge in [-0.25, -0.2) is 9.37 Å². The van der Waals surface area contributed by atoms with Crippen LogP contribution in [0.15, 0.2) is 53.9 Å². The van der Waals surface area contributed by atoms with Crippen molar-refractivity contribution in [3.05, 3.63) is 64.8 Å². The molecule has 0 saturated carbocycles. The van der Waals surface area contributed by atoms with E-state index in [2.05, 4.69) is 10.3 Å². The summed E-state index contributed by atoms with van der Waals surface area (Å²) in [6.07, 6.45) is 0. The van der Waals surface area contributed by atoms with Crippen LogP contribution in [0.4, 0.5) is 15.2 Å². The lowest BCUT2D eigenvalue weighted by Crippen LogP contribution is -1.92. The Labute approximate surface area is 124 Å². The predicted molar refractivity (Wildman–Crippen MR) is 82.2 cm³/mol. The van der Waals surface area contributed by atoms with E-state index < -0.39 is 0 Å². The van der Waals surface area contributed by atoms with Crippen LogP contribution in [0.1, 0.15) is 0 Å². The summed E-state index contributed by atoms with van der Waals surface area (Å²) in [4.78, 5) is 4.44. The van der Waals surface area contributed by atoms with Crippen LogP contribution in [0.5, 0.6) is 0 Å². The number of para-hydroxylation sites is 1. The van der Waals surface area contributed by atoms with Gasteiger partial charge in [-0.15, -0.1) is 11.3 Å². The van der Waals surface area contributed by atoms with Gasteiger partial charge in [0.2, 0.25) is 0 Å². The molecule has 2 aromatic carbocycles. The van der Waals surface area contributed by atoms with Crippen LogP contribution < -0.4 is 5.32 Å². The van der Waals surface area contributed by atoms with Gasteiger partial charge in [-0.1, -0.05) is 35.9 Å². The van der Waals surface area contributed by atoms with Crippen molar-refractivity contribution < 1.29 is 4.39 Å². The third-order valence-electron chi connectivity index (χ3n) is 2.74. The summed E-state index contributed by atoms with van der Waals surface area (Å²) in [7, 11) is 0. The van der Waals surface area contributed by atoms with Gasteiger partial charge in [0.1, 0.15) is 5.82 Å². The Bertz CT molecular complexity index is 742. The number of halogens is 2. The number of thiazole rings is 1. The fourth-order valence-corrected chi connectivity index (χ4v) is 2.71. The second-order valence-corrected chi connectivity index (χ2v) is 5.45. The third-order valence-corrected chi connectivity index (χ3v) is 3.73. The molecule has 1 aromatic heterocycles. The maximum absolute atomic E-state index is 13.6. The molecular formula is C15H10ClFN2S. The van der Waals surface area contributed by atoms with Crippen molar-refractivity contribution in [2.45, 2.75) is 0 Å². The monoisotopic (exact) mass is 304 g/mol. The fourth-order valence-electron chi connectivity index (χ4n) is 1.79. The molecule has 0 unspecified atom stereocenters. The quantitative estimate of drug-likeness (QED) is 0.706. The molecule has 1 heterocycles. The highest BCUT2D eigenvalue weighted by molar-refractivity contribution is 7.14. The van der Waals surface area contributed by atoms with Gasteiger partial charge in [0, 0.05) is 16.0 Å². The third kappa shape index (κ3) is 2.81. The highest BCUT2D eigenvalue weighted by Gasteiger charge is 2.07. The summed E-state index contributed by atoms with van der Waals surface area (Å²) >= 11 is 7.38. The molecule has 0 bridgehead atoms. The Morgan fingerprint density at radius 2 is 1.95 bits per heavy atom. The van der Waals surface area contributed by atoms with Gasteiger partial charge >= 0.3 is 0 Å². The van der Waals surface area contributed by atoms with Crippen molar-refractivity contribution in [1.82, 2.24) is 4.98 Å². The van der Waals surface area contributed by atoms with E-state index in [9.17, 15) is 4.39 Å². The van der Waals surface area contributed by atoms with Crippen molar-refractivity contribution in [1.29, 1.82) is 0 Å². The molecule has 0 spiro atoms. The zero-order valence-corrected chi connectivity index (χ0v) is 11.9. The normalized spacial score (nSPS) is 10.5. The second kappa shape index (κ2) is 5.61. The molecule has 20 heavy (non-hydrogen) atoms. The van der Waals surface area contributed by atoms with Crippen LogP contribution in [-0.2, 0) is 0 Å². The van der Waals surface area contributed by atoms with Crippen molar-refractivity contribution in [3.63, 3.8) is 0 Å². The van der Waals surface area contributed by atoms with Gasteiger partial charge < -0.3 is 5.32 Å².